The molecule has 3 rings (SSSR count). The lowest BCUT2D eigenvalue weighted by molar-refractivity contribution is -0.138. The number of benzene rings is 1. The number of nitrogens with zero attached hydrogens (tertiary/aromatic N) is 1. The van der Waals surface area contributed by atoms with Crippen LogP contribution in [-0.2, 0) is 9.59 Å². The third kappa shape index (κ3) is 10.9. The third-order valence-electron chi connectivity index (χ3n) is 6.82. The van der Waals surface area contributed by atoms with Crippen molar-refractivity contribution in [2.24, 2.45) is 0 Å². The lowest BCUT2D eigenvalue weighted by Gasteiger charge is -2.26. The molecular weight excluding hydrogens is 468 g/mol. The Morgan fingerprint density at radius 3 is 2.16 bits per heavy atom. The summed E-state index contributed by atoms with van der Waals surface area (Å²) in [5.41, 5.74) is 4.62. The van der Waals surface area contributed by atoms with Crippen LogP contribution in [0.4, 0.5) is 0 Å². The number of hydrogen-bond acceptors (Lipinski definition) is 4. The first-order valence-electron chi connectivity index (χ1n) is 13.8. The highest BCUT2D eigenvalue weighted by Gasteiger charge is 2.16. The van der Waals surface area contributed by atoms with Crippen LogP contribution in [0.1, 0.15) is 107 Å². The van der Waals surface area contributed by atoms with Gasteiger partial charge in [0.05, 0.1) is 0 Å². The van der Waals surface area contributed by atoms with Crippen LogP contribution in [0.2, 0.25) is 0 Å². The molecule has 2 aromatic rings. The Morgan fingerprint density at radius 2 is 1.59 bits per heavy atom. The molecule has 0 atom stereocenters. The van der Waals surface area contributed by atoms with Crippen molar-refractivity contribution in [3.8, 4) is 0 Å². The van der Waals surface area contributed by atoms with Crippen molar-refractivity contribution in [2.75, 3.05) is 19.6 Å². The molecule has 0 amide bonds. The van der Waals surface area contributed by atoms with E-state index in [0.29, 0.717) is 19.3 Å². The zero-order valence-corrected chi connectivity index (χ0v) is 22.6. The number of aliphatic carboxylic acids is 2. The number of carbonyl (C=O) groups is 3. The third-order valence-corrected chi connectivity index (χ3v) is 6.82. The van der Waals surface area contributed by atoms with Crippen molar-refractivity contribution in [3.05, 3.63) is 41.6 Å². The molecule has 3 N–H and O–H groups in total. The van der Waals surface area contributed by atoms with E-state index in [1.807, 2.05) is 19.1 Å². The Bertz CT molecular complexity index is 1020. The molecule has 7 heteroatoms. The Hall–Kier alpha value is -2.93. The smallest absolute Gasteiger partial charge is 0.303 e. The fourth-order valence-electron chi connectivity index (χ4n) is 4.59. The minimum absolute atomic E-state index is 0.188. The van der Waals surface area contributed by atoms with Crippen LogP contribution in [0.15, 0.2) is 30.5 Å². The number of aromatic amines is 1. The molecular formula is C30H44N2O5. The number of ketones is 1. The molecule has 1 aromatic carbocycles. The zero-order chi connectivity index (χ0) is 27.0. The van der Waals surface area contributed by atoms with E-state index < -0.39 is 11.9 Å². The van der Waals surface area contributed by atoms with Crippen LogP contribution >= 0.6 is 0 Å². The highest BCUT2D eigenvalue weighted by atomic mass is 16.4. The summed E-state index contributed by atoms with van der Waals surface area (Å²) in [6.45, 7) is 7.58. The zero-order valence-electron chi connectivity index (χ0n) is 22.6. The van der Waals surface area contributed by atoms with Crippen molar-refractivity contribution in [1.29, 1.82) is 0 Å². The molecule has 37 heavy (non-hydrogen) atoms. The van der Waals surface area contributed by atoms with E-state index in [-0.39, 0.29) is 18.6 Å². The maximum Gasteiger partial charge on any atom is 0.303 e. The highest BCUT2D eigenvalue weighted by Crippen LogP contribution is 2.30. The van der Waals surface area contributed by atoms with Crippen molar-refractivity contribution in [1.82, 2.24) is 9.88 Å². The van der Waals surface area contributed by atoms with Gasteiger partial charge in [0.25, 0.3) is 0 Å². The van der Waals surface area contributed by atoms with Crippen LogP contribution in [0, 0.1) is 0 Å². The highest BCUT2D eigenvalue weighted by molar-refractivity contribution is 6.02. The summed E-state index contributed by atoms with van der Waals surface area (Å²) in [6, 6.07) is 6.03. The molecule has 7 nitrogen and oxygen atoms in total. The number of nitrogens with one attached hydrogen (secondary N) is 1. The van der Waals surface area contributed by atoms with Crippen LogP contribution in [-0.4, -0.2) is 57.5 Å². The minimum atomic E-state index is -0.784. The minimum Gasteiger partial charge on any atom is -0.481 e. The average molecular weight is 513 g/mol. The number of carbonyl (C=O) groups excluding carboxylic acids is 1. The van der Waals surface area contributed by atoms with E-state index in [4.69, 9.17) is 10.2 Å². The van der Waals surface area contributed by atoms with Gasteiger partial charge >= 0.3 is 11.9 Å². The number of unbranched alkanes of at least 4 members (excludes halogenated alkanes) is 6. The predicted octanol–water partition coefficient (Wildman–Crippen LogP) is 6.93. The lowest BCUT2D eigenvalue weighted by Crippen LogP contribution is -2.29. The summed E-state index contributed by atoms with van der Waals surface area (Å²) in [7, 11) is 0. The van der Waals surface area contributed by atoms with E-state index in [0.717, 1.165) is 43.4 Å². The number of hydrogen-bond donors (Lipinski definition) is 3. The summed E-state index contributed by atoms with van der Waals surface area (Å²) in [4.78, 5) is 38.0. The van der Waals surface area contributed by atoms with Crippen LogP contribution in [0.25, 0.3) is 16.5 Å². The summed E-state index contributed by atoms with van der Waals surface area (Å²) in [6.07, 6.45) is 14.7. The maximum atomic E-state index is 12.0. The maximum absolute atomic E-state index is 12.0. The normalized spacial score (nSPS) is 13.6. The van der Waals surface area contributed by atoms with Crippen molar-refractivity contribution < 1.29 is 24.6 Å². The quantitative estimate of drug-likeness (QED) is 0.176. The van der Waals surface area contributed by atoms with E-state index in [2.05, 4.69) is 35.1 Å². The molecule has 0 saturated heterocycles. The van der Waals surface area contributed by atoms with E-state index in [1.165, 1.54) is 48.8 Å². The van der Waals surface area contributed by atoms with Crippen molar-refractivity contribution in [3.63, 3.8) is 0 Å². The SMILES string of the molecule is CCCCCCN1CC=C(c2c[nH]c3ccc(C(=O)CC)cc23)CC1.O=C(O)CCCCCCC(=O)O. The van der Waals surface area contributed by atoms with Gasteiger partial charge in [-0.1, -0.05) is 52.0 Å². The Morgan fingerprint density at radius 1 is 0.919 bits per heavy atom. The first-order valence-corrected chi connectivity index (χ1v) is 13.8. The van der Waals surface area contributed by atoms with Gasteiger partial charge in [0, 0.05) is 60.6 Å². The average Bonchev–Trinajstić information content (AvgIpc) is 3.32. The van der Waals surface area contributed by atoms with Gasteiger partial charge in [-0.15, -0.1) is 0 Å². The largest absolute Gasteiger partial charge is 0.481 e. The van der Waals surface area contributed by atoms with E-state index >= 15 is 0 Å². The molecule has 1 aromatic heterocycles. The monoisotopic (exact) mass is 512 g/mol. The molecule has 2 heterocycles. The molecule has 0 aliphatic carbocycles. The molecule has 0 saturated carbocycles. The number of rotatable bonds is 15. The summed E-state index contributed by atoms with van der Waals surface area (Å²) >= 11 is 0. The van der Waals surface area contributed by atoms with Crippen LogP contribution in [0.5, 0.6) is 0 Å². The van der Waals surface area contributed by atoms with Gasteiger partial charge in [-0.25, -0.2) is 0 Å². The van der Waals surface area contributed by atoms with Gasteiger partial charge in [-0.2, -0.15) is 0 Å². The second-order valence-electron chi connectivity index (χ2n) is 9.78. The standard InChI is InChI=1S/C22H30N2O.C8H14O4/c1-3-5-6-7-12-24-13-10-17(11-14-24)20-16-23-21-9-8-18(15-19(20)21)22(25)4-2;9-7(10)5-3-1-2-4-6-8(11)12/h8-10,15-16,23H,3-7,11-14H2,1-2H3;1-6H2,(H,9,10)(H,11,12). The number of carboxylic acid groups (broad SMARTS) is 2. The molecule has 0 bridgehead atoms. The second-order valence-corrected chi connectivity index (χ2v) is 9.78. The summed E-state index contributed by atoms with van der Waals surface area (Å²) in [5.74, 6) is -1.36. The fourth-order valence-corrected chi connectivity index (χ4v) is 4.59. The Labute approximate surface area is 220 Å². The van der Waals surface area contributed by atoms with Gasteiger partial charge in [0.15, 0.2) is 5.78 Å². The second kappa shape index (κ2) is 16.7. The first kappa shape index (κ1) is 30.3. The first-order chi connectivity index (χ1) is 17.8. The van der Waals surface area contributed by atoms with Gasteiger partial charge < -0.3 is 15.2 Å². The molecule has 1 aliphatic rings. The molecule has 0 radical (unpaired) electrons. The molecule has 1 aliphatic heterocycles. The topological polar surface area (TPSA) is 111 Å². The van der Waals surface area contributed by atoms with E-state index in [9.17, 15) is 14.4 Å². The van der Waals surface area contributed by atoms with Gasteiger partial charge in [0.1, 0.15) is 0 Å². The van der Waals surface area contributed by atoms with Gasteiger partial charge in [-0.3, -0.25) is 19.3 Å². The summed E-state index contributed by atoms with van der Waals surface area (Å²) < 4.78 is 0. The number of carboxylic acids is 2. The van der Waals surface area contributed by atoms with Crippen molar-refractivity contribution >= 4 is 34.2 Å². The number of aromatic nitrogens is 1. The van der Waals surface area contributed by atoms with Crippen LogP contribution in [0.3, 0.4) is 0 Å². The van der Waals surface area contributed by atoms with E-state index in [1.54, 1.807) is 0 Å². The van der Waals surface area contributed by atoms with Gasteiger partial charge in [0.2, 0.25) is 0 Å². The Balaban J connectivity index is 0.000000341. The lowest BCUT2D eigenvalue weighted by atomic mass is 9.97. The summed E-state index contributed by atoms with van der Waals surface area (Å²) in [5, 5.41) is 17.7. The van der Waals surface area contributed by atoms with Crippen molar-refractivity contribution in [2.45, 2.75) is 90.9 Å². The molecule has 0 unspecified atom stereocenters. The van der Waals surface area contributed by atoms with Gasteiger partial charge in [-0.05, 0) is 56.0 Å². The predicted molar refractivity (Wildman–Crippen MR) is 149 cm³/mol. The van der Waals surface area contributed by atoms with Crippen LogP contribution < -0.4 is 0 Å². The molecule has 204 valence electrons. The molecule has 0 fully saturated rings. The number of fused-ring (bicyclic) bond motifs is 1. The number of H-pyrrole nitrogens is 1. The fraction of sp³-hybridized carbons (Fsp3) is 0.567. The Kier molecular flexibility index (Phi) is 13.7. The number of Topliss-reactive ketones (excluding diaryl/α,β-unsaturated/α-hetero) is 1. The molecule has 0 spiro atoms.